The fourth-order valence-corrected chi connectivity index (χ4v) is 1.54. The zero-order valence-electron chi connectivity index (χ0n) is 8.87. The minimum atomic E-state index is 0.722. The average Bonchev–Trinajstić information content (AvgIpc) is 3.05. The molecule has 0 aromatic carbocycles. The van der Waals surface area contributed by atoms with Crippen LogP contribution in [0.25, 0.3) is 5.82 Å². The third kappa shape index (κ3) is 2.09. The van der Waals surface area contributed by atoms with Gasteiger partial charge in [0, 0.05) is 36.7 Å². The van der Waals surface area contributed by atoms with Crippen molar-refractivity contribution in [3.8, 4) is 5.82 Å². The first-order valence-corrected chi connectivity index (χ1v) is 5.45. The van der Waals surface area contributed by atoms with Gasteiger partial charge in [0.2, 0.25) is 0 Å². The summed E-state index contributed by atoms with van der Waals surface area (Å²) in [6.45, 7) is 0.880. The average molecular weight is 215 g/mol. The Morgan fingerprint density at radius 3 is 3.00 bits per heavy atom. The molecule has 0 unspecified atom stereocenters. The van der Waals surface area contributed by atoms with Gasteiger partial charge in [0.1, 0.15) is 0 Å². The molecule has 5 heteroatoms. The molecule has 2 aromatic rings. The summed E-state index contributed by atoms with van der Waals surface area (Å²) in [6, 6.07) is 0.722. The molecule has 0 spiro atoms. The quantitative estimate of drug-likeness (QED) is 0.823. The molecule has 1 N–H and O–H groups in total. The number of hydrogen-bond donors (Lipinski definition) is 1. The van der Waals surface area contributed by atoms with Crippen LogP contribution in [0, 0.1) is 0 Å². The predicted octanol–water partition coefficient (Wildman–Crippen LogP) is 0.914. The first kappa shape index (κ1) is 9.47. The highest BCUT2D eigenvalue weighted by atomic mass is 15.3. The van der Waals surface area contributed by atoms with Gasteiger partial charge in [-0.2, -0.15) is 5.10 Å². The van der Waals surface area contributed by atoms with Crippen molar-refractivity contribution < 1.29 is 0 Å². The van der Waals surface area contributed by atoms with Crippen LogP contribution >= 0.6 is 0 Å². The van der Waals surface area contributed by atoms with Crippen LogP contribution in [-0.4, -0.2) is 25.8 Å². The number of nitrogens with zero attached hydrogens (tertiary/aromatic N) is 4. The first-order valence-electron chi connectivity index (χ1n) is 5.45. The van der Waals surface area contributed by atoms with Crippen LogP contribution in [0.2, 0.25) is 0 Å². The molecule has 0 bridgehead atoms. The highest BCUT2D eigenvalue weighted by molar-refractivity contribution is 5.18. The Morgan fingerprint density at radius 1 is 1.31 bits per heavy atom. The van der Waals surface area contributed by atoms with E-state index in [-0.39, 0.29) is 0 Å². The maximum Gasteiger partial charge on any atom is 0.171 e. The van der Waals surface area contributed by atoms with Crippen LogP contribution < -0.4 is 5.32 Å². The maximum atomic E-state index is 4.26. The van der Waals surface area contributed by atoms with Crippen molar-refractivity contribution in [1.29, 1.82) is 0 Å². The van der Waals surface area contributed by atoms with Gasteiger partial charge in [-0.05, 0) is 12.8 Å². The van der Waals surface area contributed by atoms with Gasteiger partial charge in [0.15, 0.2) is 5.82 Å². The van der Waals surface area contributed by atoms with E-state index in [4.69, 9.17) is 0 Å². The minimum absolute atomic E-state index is 0.722. The standard InChI is InChI=1S/C11H13N5/c1-2-10(1)14-5-9-6-15-16(8-9)11-7-12-3-4-13-11/h3-4,6-8,10,14H,1-2,5H2. The molecule has 1 aliphatic carbocycles. The summed E-state index contributed by atoms with van der Waals surface area (Å²) in [5.41, 5.74) is 1.18. The topological polar surface area (TPSA) is 55.6 Å². The SMILES string of the molecule is c1cnc(-n2cc(CNC3CC3)cn2)cn1. The minimum Gasteiger partial charge on any atom is -0.310 e. The summed E-state index contributed by atoms with van der Waals surface area (Å²) in [5.74, 6) is 0.750. The van der Waals surface area contributed by atoms with E-state index in [2.05, 4.69) is 20.4 Å². The van der Waals surface area contributed by atoms with E-state index in [9.17, 15) is 0 Å². The Balaban J connectivity index is 1.71. The lowest BCUT2D eigenvalue weighted by molar-refractivity contribution is 0.687. The summed E-state index contributed by atoms with van der Waals surface area (Å²) in [5, 5.41) is 7.71. The molecule has 3 rings (SSSR count). The van der Waals surface area contributed by atoms with Gasteiger partial charge in [-0.3, -0.25) is 4.98 Å². The van der Waals surface area contributed by atoms with E-state index in [0.29, 0.717) is 0 Å². The lowest BCUT2D eigenvalue weighted by Crippen LogP contribution is -2.14. The van der Waals surface area contributed by atoms with Crippen molar-refractivity contribution in [3.05, 3.63) is 36.5 Å². The van der Waals surface area contributed by atoms with Crippen LogP contribution in [0.15, 0.2) is 31.0 Å². The summed E-state index contributed by atoms with van der Waals surface area (Å²) >= 11 is 0. The molecule has 0 radical (unpaired) electrons. The Kier molecular flexibility index (Phi) is 2.38. The van der Waals surface area contributed by atoms with Crippen molar-refractivity contribution in [3.63, 3.8) is 0 Å². The number of rotatable bonds is 4. The fourth-order valence-electron chi connectivity index (χ4n) is 1.54. The second kappa shape index (κ2) is 4.02. The predicted molar refractivity (Wildman–Crippen MR) is 59.0 cm³/mol. The molecular formula is C11H13N5. The zero-order valence-corrected chi connectivity index (χ0v) is 8.87. The van der Waals surface area contributed by atoms with E-state index < -0.39 is 0 Å². The Morgan fingerprint density at radius 2 is 2.25 bits per heavy atom. The molecule has 0 aliphatic heterocycles. The van der Waals surface area contributed by atoms with E-state index in [0.717, 1.165) is 18.4 Å². The third-order valence-electron chi connectivity index (χ3n) is 2.59. The van der Waals surface area contributed by atoms with Crippen molar-refractivity contribution in [2.24, 2.45) is 0 Å². The molecule has 2 heterocycles. The van der Waals surface area contributed by atoms with Crippen molar-refractivity contribution in [2.75, 3.05) is 0 Å². The molecule has 0 amide bonds. The van der Waals surface area contributed by atoms with Crippen molar-refractivity contribution in [2.45, 2.75) is 25.4 Å². The third-order valence-corrected chi connectivity index (χ3v) is 2.59. The summed E-state index contributed by atoms with van der Waals surface area (Å²) < 4.78 is 1.75. The van der Waals surface area contributed by atoms with Crippen LogP contribution in [0.5, 0.6) is 0 Å². The molecule has 1 saturated carbocycles. The largest absolute Gasteiger partial charge is 0.310 e. The lowest BCUT2D eigenvalue weighted by atomic mass is 10.3. The number of hydrogen-bond acceptors (Lipinski definition) is 4. The van der Waals surface area contributed by atoms with Crippen LogP contribution in [0.4, 0.5) is 0 Å². The van der Waals surface area contributed by atoms with Crippen molar-refractivity contribution in [1.82, 2.24) is 25.1 Å². The molecule has 1 fully saturated rings. The molecular weight excluding hydrogens is 202 g/mol. The summed E-state index contributed by atoms with van der Waals surface area (Å²) in [6.07, 6.45) is 11.5. The first-order chi connectivity index (χ1) is 7.92. The zero-order chi connectivity index (χ0) is 10.8. The van der Waals surface area contributed by atoms with Crippen molar-refractivity contribution >= 4 is 0 Å². The molecule has 16 heavy (non-hydrogen) atoms. The molecule has 0 saturated heterocycles. The van der Waals surface area contributed by atoms with Gasteiger partial charge in [0.25, 0.3) is 0 Å². The summed E-state index contributed by atoms with van der Waals surface area (Å²) in [7, 11) is 0. The van der Waals surface area contributed by atoms with Gasteiger partial charge < -0.3 is 5.32 Å². The number of aromatic nitrogens is 4. The molecule has 0 atom stereocenters. The lowest BCUT2D eigenvalue weighted by Gasteiger charge is -1.98. The Bertz CT molecular complexity index is 460. The highest BCUT2D eigenvalue weighted by Crippen LogP contribution is 2.19. The monoisotopic (exact) mass is 215 g/mol. The maximum absolute atomic E-state index is 4.26. The molecule has 5 nitrogen and oxygen atoms in total. The second-order valence-corrected chi connectivity index (χ2v) is 4.01. The van der Waals surface area contributed by atoms with Gasteiger partial charge in [-0.25, -0.2) is 9.67 Å². The van der Waals surface area contributed by atoms with E-state index >= 15 is 0 Å². The Hall–Kier alpha value is -1.75. The van der Waals surface area contributed by atoms with Crippen LogP contribution in [0.3, 0.4) is 0 Å². The van der Waals surface area contributed by atoms with Gasteiger partial charge >= 0.3 is 0 Å². The smallest absolute Gasteiger partial charge is 0.171 e. The second-order valence-electron chi connectivity index (χ2n) is 4.01. The normalized spacial score (nSPS) is 15.2. The molecule has 2 aromatic heterocycles. The number of nitrogens with one attached hydrogen (secondary N) is 1. The van der Waals surface area contributed by atoms with Crippen LogP contribution in [-0.2, 0) is 6.54 Å². The van der Waals surface area contributed by atoms with Gasteiger partial charge in [0.05, 0.1) is 12.4 Å². The molecule has 82 valence electrons. The van der Waals surface area contributed by atoms with E-state index in [1.165, 1.54) is 18.4 Å². The van der Waals surface area contributed by atoms with E-state index in [1.807, 2.05) is 12.4 Å². The van der Waals surface area contributed by atoms with E-state index in [1.54, 1.807) is 23.3 Å². The van der Waals surface area contributed by atoms with Gasteiger partial charge in [-0.15, -0.1) is 0 Å². The molecule has 1 aliphatic rings. The van der Waals surface area contributed by atoms with Crippen LogP contribution in [0.1, 0.15) is 18.4 Å². The summed E-state index contributed by atoms with van der Waals surface area (Å²) in [4.78, 5) is 8.20. The fraction of sp³-hybridized carbons (Fsp3) is 0.364. The Labute approximate surface area is 93.5 Å². The van der Waals surface area contributed by atoms with Gasteiger partial charge in [-0.1, -0.05) is 0 Å². The highest BCUT2D eigenvalue weighted by Gasteiger charge is 2.20.